The van der Waals surface area contributed by atoms with Crippen LogP contribution in [0.25, 0.3) is 0 Å². The van der Waals surface area contributed by atoms with E-state index in [0.29, 0.717) is 12.3 Å². The van der Waals surface area contributed by atoms with Gasteiger partial charge in [-0.3, -0.25) is 4.79 Å². The van der Waals surface area contributed by atoms with E-state index in [0.717, 1.165) is 43.4 Å². The summed E-state index contributed by atoms with van der Waals surface area (Å²) in [5.74, 6) is -0.325. The average molecular weight is 282 g/mol. The molecule has 3 nitrogen and oxygen atoms in total. The van der Waals surface area contributed by atoms with Crippen LogP contribution < -0.4 is 0 Å². The van der Waals surface area contributed by atoms with Crippen molar-refractivity contribution in [3.63, 3.8) is 0 Å². The van der Waals surface area contributed by atoms with Gasteiger partial charge in [0, 0.05) is 17.9 Å². The molecule has 0 aromatic heterocycles. The molecule has 0 saturated carbocycles. The summed E-state index contributed by atoms with van der Waals surface area (Å²) in [4.78, 5) is 12.5. The first-order valence-electron chi connectivity index (χ1n) is 8.16. The van der Waals surface area contributed by atoms with Gasteiger partial charge >= 0.3 is 0 Å². The Balaban J connectivity index is 3.12. The first-order chi connectivity index (χ1) is 9.47. The van der Waals surface area contributed by atoms with E-state index in [1.807, 2.05) is 0 Å². The Kier molecular flexibility index (Phi) is 6.25. The monoisotopic (exact) mass is 282 g/mol. The number of carbonyl (C=O) groups is 1. The minimum absolute atomic E-state index is 0.200. The number of ether oxygens (including phenoxy) is 1. The third-order valence-electron chi connectivity index (χ3n) is 4.69. The Hall–Kier alpha value is -0.830. The van der Waals surface area contributed by atoms with Gasteiger partial charge in [0.05, 0.1) is 0 Å². The number of rotatable bonds is 8. The molecule has 3 heteroatoms. The molecule has 1 rings (SSSR count). The lowest BCUT2D eigenvalue weighted by Gasteiger charge is -2.22. The van der Waals surface area contributed by atoms with E-state index in [9.17, 15) is 9.90 Å². The topological polar surface area (TPSA) is 46.5 Å². The highest BCUT2D eigenvalue weighted by Gasteiger charge is 2.47. The largest absolute Gasteiger partial charge is 0.458 e. The molecule has 1 unspecified atom stereocenters. The molecule has 0 fully saturated rings. The van der Waals surface area contributed by atoms with Crippen LogP contribution in [0.5, 0.6) is 0 Å². The van der Waals surface area contributed by atoms with Gasteiger partial charge in [-0.25, -0.2) is 0 Å². The molecular weight excluding hydrogens is 252 g/mol. The van der Waals surface area contributed by atoms with Crippen LogP contribution >= 0.6 is 0 Å². The van der Waals surface area contributed by atoms with Crippen molar-refractivity contribution in [2.24, 2.45) is 11.8 Å². The van der Waals surface area contributed by atoms with Gasteiger partial charge < -0.3 is 9.84 Å². The van der Waals surface area contributed by atoms with Crippen molar-refractivity contribution in [3.8, 4) is 0 Å². The molecule has 0 radical (unpaired) electrons. The van der Waals surface area contributed by atoms with Crippen LogP contribution in [0.15, 0.2) is 11.3 Å². The molecule has 1 aliphatic heterocycles. The van der Waals surface area contributed by atoms with Crippen molar-refractivity contribution in [2.45, 2.75) is 78.9 Å². The third kappa shape index (κ3) is 3.25. The molecule has 0 aromatic carbocycles. The van der Waals surface area contributed by atoms with Crippen LogP contribution in [0.1, 0.15) is 73.1 Å². The Morgan fingerprint density at radius 3 is 2.00 bits per heavy atom. The smallest absolute Gasteiger partial charge is 0.271 e. The molecule has 0 aromatic rings. The van der Waals surface area contributed by atoms with Crippen LogP contribution in [0.2, 0.25) is 0 Å². The molecule has 0 spiro atoms. The summed E-state index contributed by atoms with van der Waals surface area (Å²) < 4.78 is 5.74. The van der Waals surface area contributed by atoms with E-state index in [4.69, 9.17) is 4.74 Å². The summed E-state index contributed by atoms with van der Waals surface area (Å²) in [6.45, 7) is 10.3. The van der Waals surface area contributed by atoms with Crippen molar-refractivity contribution in [3.05, 3.63) is 11.3 Å². The van der Waals surface area contributed by atoms with E-state index in [2.05, 4.69) is 27.7 Å². The molecule has 116 valence electrons. The lowest BCUT2D eigenvalue weighted by Crippen LogP contribution is -2.36. The highest BCUT2D eigenvalue weighted by Crippen LogP contribution is 2.40. The zero-order chi connectivity index (χ0) is 15.3. The van der Waals surface area contributed by atoms with Gasteiger partial charge in [-0.15, -0.1) is 0 Å². The molecular formula is C17H30O3. The van der Waals surface area contributed by atoms with E-state index in [-0.39, 0.29) is 11.7 Å². The minimum Gasteiger partial charge on any atom is -0.458 e. The summed E-state index contributed by atoms with van der Waals surface area (Å²) in [7, 11) is 0. The van der Waals surface area contributed by atoms with Crippen molar-refractivity contribution in [2.75, 3.05) is 0 Å². The van der Waals surface area contributed by atoms with E-state index < -0.39 is 5.79 Å². The Bertz CT molecular complexity index is 364. The number of Topliss-reactive ketones (excluding diaryl/α,β-unsaturated/α-hetero) is 1. The standard InChI is InChI=1S/C17H30O3/c1-6-12(7-2)11-14-15(13(8-3)9-4)20-17(19,10-5)16(14)18/h12-13,19H,6-11H2,1-5H3. The summed E-state index contributed by atoms with van der Waals surface area (Å²) in [5, 5.41) is 10.4. The Labute approximate surface area is 123 Å². The van der Waals surface area contributed by atoms with E-state index >= 15 is 0 Å². The first-order valence-corrected chi connectivity index (χ1v) is 8.16. The fourth-order valence-electron chi connectivity index (χ4n) is 2.92. The highest BCUT2D eigenvalue weighted by atomic mass is 16.6. The molecule has 0 aliphatic carbocycles. The lowest BCUT2D eigenvalue weighted by atomic mass is 9.87. The Morgan fingerprint density at radius 1 is 1.05 bits per heavy atom. The molecule has 1 heterocycles. The summed E-state index contributed by atoms with van der Waals surface area (Å²) >= 11 is 0. The van der Waals surface area contributed by atoms with Gasteiger partial charge in [0.15, 0.2) is 0 Å². The molecule has 1 N–H and O–H groups in total. The lowest BCUT2D eigenvalue weighted by molar-refractivity contribution is -0.180. The highest BCUT2D eigenvalue weighted by molar-refractivity contribution is 6.03. The second kappa shape index (κ2) is 7.26. The summed E-state index contributed by atoms with van der Waals surface area (Å²) in [6, 6.07) is 0. The number of hydrogen-bond donors (Lipinski definition) is 1. The molecule has 1 atom stereocenters. The second-order valence-electron chi connectivity index (χ2n) is 5.81. The minimum atomic E-state index is -1.61. The number of carbonyl (C=O) groups excluding carboxylic acids is 1. The molecule has 0 bridgehead atoms. The third-order valence-corrected chi connectivity index (χ3v) is 4.69. The van der Waals surface area contributed by atoms with Crippen LogP contribution in [-0.2, 0) is 9.53 Å². The normalized spacial score (nSPS) is 23.1. The fraction of sp³-hybridized carbons (Fsp3) is 0.824. The quantitative estimate of drug-likeness (QED) is 0.725. The zero-order valence-corrected chi connectivity index (χ0v) is 13.7. The number of aliphatic hydroxyl groups is 1. The van der Waals surface area contributed by atoms with Gasteiger partial charge in [-0.1, -0.05) is 47.5 Å². The van der Waals surface area contributed by atoms with Crippen molar-refractivity contribution in [1.29, 1.82) is 0 Å². The maximum Gasteiger partial charge on any atom is 0.271 e. The second-order valence-corrected chi connectivity index (χ2v) is 5.81. The summed E-state index contributed by atoms with van der Waals surface area (Å²) in [6.07, 6.45) is 5.01. The van der Waals surface area contributed by atoms with Gasteiger partial charge in [0.2, 0.25) is 5.78 Å². The zero-order valence-electron chi connectivity index (χ0n) is 13.7. The van der Waals surface area contributed by atoms with Gasteiger partial charge in [-0.2, -0.15) is 0 Å². The van der Waals surface area contributed by atoms with Crippen molar-refractivity contribution in [1.82, 2.24) is 0 Å². The van der Waals surface area contributed by atoms with Crippen LogP contribution in [0, 0.1) is 11.8 Å². The average Bonchev–Trinajstić information content (AvgIpc) is 2.71. The molecule has 20 heavy (non-hydrogen) atoms. The number of hydrogen-bond acceptors (Lipinski definition) is 3. The van der Waals surface area contributed by atoms with Crippen molar-refractivity contribution >= 4 is 5.78 Å². The first kappa shape index (κ1) is 17.2. The van der Waals surface area contributed by atoms with E-state index in [1.54, 1.807) is 6.92 Å². The van der Waals surface area contributed by atoms with Gasteiger partial charge in [0.1, 0.15) is 5.76 Å². The van der Waals surface area contributed by atoms with Crippen LogP contribution in [0.3, 0.4) is 0 Å². The number of allylic oxidation sites excluding steroid dienone is 1. The van der Waals surface area contributed by atoms with Crippen LogP contribution in [-0.4, -0.2) is 16.7 Å². The Morgan fingerprint density at radius 2 is 1.60 bits per heavy atom. The molecule has 0 saturated heterocycles. The maximum absolute atomic E-state index is 12.5. The maximum atomic E-state index is 12.5. The van der Waals surface area contributed by atoms with Gasteiger partial charge in [-0.05, 0) is 25.2 Å². The number of ketones is 1. The SMILES string of the molecule is CCC(CC)CC1=C(C(CC)CC)OC(O)(CC)C1=O. The van der Waals surface area contributed by atoms with Gasteiger partial charge in [0.25, 0.3) is 5.79 Å². The summed E-state index contributed by atoms with van der Waals surface area (Å²) in [5.41, 5.74) is 0.747. The fourth-order valence-corrected chi connectivity index (χ4v) is 2.92. The molecule has 1 aliphatic rings. The molecule has 0 amide bonds. The predicted molar refractivity (Wildman–Crippen MR) is 81.1 cm³/mol. The van der Waals surface area contributed by atoms with Crippen molar-refractivity contribution < 1.29 is 14.6 Å². The predicted octanol–water partition coefficient (Wildman–Crippen LogP) is 4.20. The van der Waals surface area contributed by atoms with Crippen LogP contribution in [0.4, 0.5) is 0 Å². The van der Waals surface area contributed by atoms with E-state index in [1.165, 1.54) is 0 Å².